The molecule has 1 heteroatoms. The summed E-state index contributed by atoms with van der Waals surface area (Å²) < 4.78 is 0. The van der Waals surface area contributed by atoms with Crippen molar-refractivity contribution in [3.05, 3.63) is 0 Å². The monoisotopic (exact) mass is 236 g/mol. The number of aliphatic hydroxyl groups is 1. The van der Waals surface area contributed by atoms with Crippen molar-refractivity contribution in [1.82, 2.24) is 0 Å². The molecular weight excluding hydrogens is 208 g/mol. The second kappa shape index (κ2) is 4.91. The van der Waals surface area contributed by atoms with E-state index < -0.39 is 0 Å². The maximum absolute atomic E-state index is 10.7. The molecule has 0 heterocycles. The topological polar surface area (TPSA) is 20.2 Å². The van der Waals surface area contributed by atoms with E-state index in [2.05, 4.69) is 6.92 Å². The minimum Gasteiger partial charge on any atom is -0.393 e. The van der Waals surface area contributed by atoms with E-state index in [-0.39, 0.29) is 6.10 Å². The van der Waals surface area contributed by atoms with Gasteiger partial charge in [0.25, 0.3) is 0 Å². The van der Waals surface area contributed by atoms with Crippen molar-refractivity contribution in [3.8, 4) is 0 Å². The summed E-state index contributed by atoms with van der Waals surface area (Å²) in [6, 6.07) is 0. The fourth-order valence-corrected chi connectivity index (χ4v) is 5.08. The first-order chi connectivity index (χ1) is 8.28. The van der Waals surface area contributed by atoms with Crippen LogP contribution in [0.15, 0.2) is 0 Å². The molecule has 3 aliphatic rings. The van der Waals surface area contributed by atoms with E-state index in [1.165, 1.54) is 57.8 Å². The zero-order valence-corrected chi connectivity index (χ0v) is 11.3. The van der Waals surface area contributed by atoms with E-state index >= 15 is 0 Å². The Hall–Kier alpha value is -0.0400. The lowest BCUT2D eigenvalue weighted by atomic mass is 9.71. The Labute approximate surface area is 106 Å². The van der Waals surface area contributed by atoms with Gasteiger partial charge in [0.2, 0.25) is 0 Å². The van der Waals surface area contributed by atoms with Gasteiger partial charge in [-0.15, -0.1) is 0 Å². The van der Waals surface area contributed by atoms with E-state index in [1.54, 1.807) is 0 Å². The molecule has 0 saturated heterocycles. The van der Waals surface area contributed by atoms with Crippen LogP contribution in [0, 0.1) is 29.6 Å². The summed E-state index contributed by atoms with van der Waals surface area (Å²) in [5.41, 5.74) is 0. The molecule has 3 aliphatic carbocycles. The highest BCUT2D eigenvalue weighted by Crippen LogP contribution is 2.51. The van der Waals surface area contributed by atoms with Gasteiger partial charge in [-0.1, -0.05) is 32.6 Å². The van der Waals surface area contributed by atoms with Gasteiger partial charge in [-0.05, 0) is 61.7 Å². The highest BCUT2D eigenvalue weighted by atomic mass is 16.3. The summed E-state index contributed by atoms with van der Waals surface area (Å²) in [6.45, 7) is 2.32. The van der Waals surface area contributed by atoms with Crippen molar-refractivity contribution in [3.63, 3.8) is 0 Å². The lowest BCUT2D eigenvalue weighted by Gasteiger charge is -2.37. The molecule has 1 N–H and O–H groups in total. The predicted octanol–water partition coefficient (Wildman–Crippen LogP) is 4.00. The van der Waals surface area contributed by atoms with Gasteiger partial charge in [0.1, 0.15) is 0 Å². The van der Waals surface area contributed by atoms with Gasteiger partial charge >= 0.3 is 0 Å². The first-order valence-corrected chi connectivity index (χ1v) is 7.96. The van der Waals surface area contributed by atoms with Crippen molar-refractivity contribution in [2.75, 3.05) is 0 Å². The van der Waals surface area contributed by atoms with Crippen LogP contribution in [0.4, 0.5) is 0 Å². The number of hydrogen-bond acceptors (Lipinski definition) is 1. The van der Waals surface area contributed by atoms with Gasteiger partial charge in [0.15, 0.2) is 0 Å². The lowest BCUT2D eigenvalue weighted by Crippen LogP contribution is -2.35. The third-order valence-corrected chi connectivity index (χ3v) is 6.12. The second-order valence-electron chi connectivity index (χ2n) is 7.03. The Morgan fingerprint density at radius 3 is 2.59 bits per heavy atom. The van der Waals surface area contributed by atoms with Gasteiger partial charge in [0, 0.05) is 0 Å². The Kier molecular flexibility index (Phi) is 3.47. The first-order valence-electron chi connectivity index (χ1n) is 7.96. The molecule has 1 nitrogen and oxygen atoms in total. The molecule has 0 aliphatic heterocycles. The van der Waals surface area contributed by atoms with Crippen LogP contribution in [0.3, 0.4) is 0 Å². The summed E-state index contributed by atoms with van der Waals surface area (Å²) in [5.74, 6) is 4.08. The average molecular weight is 236 g/mol. The SMILES string of the molecule is CCC1CCCC(C(O)C2CC3CCC2C3)C1. The molecule has 0 aromatic carbocycles. The highest BCUT2D eigenvalue weighted by molar-refractivity contribution is 4.95. The number of aliphatic hydroxyl groups excluding tert-OH is 1. The Morgan fingerprint density at radius 2 is 1.94 bits per heavy atom. The minimum atomic E-state index is 0.0413. The van der Waals surface area contributed by atoms with Gasteiger partial charge in [0.05, 0.1) is 6.10 Å². The summed E-state index contributed by atoms with van der Waals surface area (Å²) in [6.07, 6.45) is 12.4. The number of hydrogen-bond donors (Lipinski definition) is 1. The van der Waals surface area contributed by atoms with Crippen LogP contribution in [0.25, 0.3) is 0 Å². The first kappa shape index (κ1) is 12.0. The Morgan fingerprint density at radius 1 is 1.06 bits per heavy atom. The highest BCUT2D eigenvalue weighted by Gasteiger charge is 2.45. The molecule has 3 saturated carbocycles. The Bertz CT molecular complexity index is 262. The average Bonchev–Trinajstić information content (AvgIpc) is 3.00. The lowest BCUT2D eigenvalue weighted by molar-refractivity contribution is 0.00167. The van der Waals surface area contributed by atoms with E-state index in [0.717, 1.165) is 17.8 Å². The quantitative estimate of drug-likeness (QED) is 0.785. The fraction of sp³-hybridized carbons (Fsp3) is 1.00. The van der Waals surface area contributed by atoms with Crippen LogP contribution in [-0.2, 0) is 0 Å². The molecule has 0 amide bonds. The van der Waals surface area contributed by atoms with Gasteiger partial charge in [-0.25, -0.2) is 0 Å². The molecule has 0 radical (unpaired) electrons. The van der Waals surface area contributed by atoms with Crippen molar-refractivity contribution < 1.29 is 5.11 Å². The maximum atomic E-state index is 10.7. The molecule has 0 aromatic heterocycles. The molecule has 3 rings (SSSR count). The summed E-state index contributed by atoms with van der Waals surface area (Å²) in [4.78, 5) is 0. The molecular formula is C16H28O. The van der Waals surface area contributed by atoms with E-state index in [9.17, 15) is 5.11 Å². The second-order valence-corrected chi connectivity index (χ2v) is 7.03. The van der Waals surface area contributed by atoms with Crippen LogP contribution in [0.2, 0.25) is 0 Å². The third kappa shape index (κ3) is 2.28. The molecule has 3 fully saturated rings. The van der Waals surface area contributed by atoms with Gasteiger partial charge in [-0.3, -0.25) is 0 Å². The zero-order chi connectivity index (χ0) is 11.8. The van der Waals surface area contributed by atoms with Crippen LogP contribution in [-0.4, -0.2) is 11.2 Å². The summed E-state index contributed by atoms with van der Waals surface area (Å²) in [5, 5.41) is 10.7. The third-order valence-electron chi connectivity index (χ3n) is 6.12. The van der Waals surface area contributed by atoms with Crippen LogP contribution >= 0.6 is 0 Å². The van der Waals surface area contributed by atoms with Crippen molar-refractivity contribution >= 4 is 0 Å². The zero-order valence-electron chi connectivity index (χ0n) is 11.3. The van der Waals surface area contributed by atoms with Gasteiger partial charge in [-0.2, -0.15) is 0 Å². The van der Waals surface area contributed by atoms with Crippen LogP contribution < -0.4 is 0 Å². The smallest absolute Gasteiger partial charge is 0.0599 e. The van der Waals surface area contributed by atoms with E-state index in [1.807, 2.05) is 0 Å². The number of rotatable bonds is 3. The fourth-order valence-electron chi connectivity index (χ4n) is 5.08. The van der Waals surface area contributed by atoms with Gasteiger partial charge < -0.3 is 5.11 Å². The van der Waals surface area contributed by atoms with Crippen LogP contribution in [0.1, 0.15) is 64.7 Å². The molecule has 0 spiro atoms. The molecule has 98 valence electrons. The van der Waals surface area contributed by atoms with Crippen LogP contribution in [0.5, 0.6) is 0 Å². The van der Waals surface area contributed by atoms with E-state index in [4.69, 9.17) is 0 Å². The molecule has 2 bridgehead atoms. The number of fused-ring (bicyclic) bond motifs is 2. The predicted molar refractivity (Wildman–Crippen MR) is 70.7 cm³/mol. The molecule has 0 aromatic rings. The summed E-state index contributed by atoms with van der Waals surface area (Å²) >= 11 is 0. The largest absolute Gasteiger partial charge is 0.393 e. The molecule has 6 unspecified atom stereocenters. The standard InChI is InChI=1S/C16H28O/c1-2-11-4-3-5-14(8-11)16(17)15-10-12-6-7-13(15)9-12/h11-17H,2-10H2,1H3. The molecule has 6 atom stereocenters. The normalized spacial score (nSPS) is 47.3. The van der Waals surface area contributed by atoms with Crippen molar-refractivity contribution in [1.29, 1.82) is 0 Å². The van der Waals surface area contributed by atoms with Crippen molar-refractivity contribution in [2.24, 2.45) is 29.6 Å². The minimum absolute atomic E-state index is 0.0413. The Balaban J connectivity index is 1.60. The van der Waals surface area contributed by atoms with E-state index in [0.29, 0.717) is 11.8 Å². The molecule has 17 heavy (non-hydrogen) atoms. The summed E-state index contributed by atoms with van der Waals surface area (Å²) in [7, 11) is 0. The van der Waals surface area contributed by atoms with Crippen molar-refractivity contribution in [2.45, 2.75) is 70.8 Å². The maximum Gasteiger partial charge on any atom is 0.0599 e.